The van der Waals surface area contributed by atoms with E-state index in [0.717, 1.165) is 5.56 Å². The minimum atomic E-state index is -0.167. The van der Waals surface area contributed by atoms with Crippen molar-refractivity contribution in [1.29, 1.82) is 0 Å². The van der Waals surface area contributed by atoms with Crippen molar-refractivity contribution in [3.63, 3.8) is 0 Å². The maximum absolute atomic E-state index is 11.5. The van der Waals surface area contributed by atoms with Crippen molar-refractivity contribution >= 4 is 5.91 Å². The summed E-state index contributed by atoms with van der Waals surface area (Å²) in [4.78, 5) is 16.7. The molecule has 0 saturated heterocycles. The summed E-state index contributed by atoms with van der Waals surface area (Å²) in [6.45, 7) is 0. The summed E-state index contributed by atoms with van der Waals surface area (Å²) < 4.78 is 0. The molecule has 1 N–H and O–H groups in total. The molecular weight excluding hydrogens is 214 g/mol. The zero-order valence-corrected chi connectivity index (χ0v) is 9.30. The molecule has 3 heteroatoms. The minimum Gasteiger partial charge on any atom is -0.380 e. The number of carbonyl (C=O) groups excluding carboxylic acids is 1. The highest BCUT2D eigenvalue weighted by Gasteiger charge is 2.03. The third-order valence-electron chi connectivity index (χ3n) is 2.23. The predicted octanol–water partition coefficient (Wildman–Crippen LogP) is 2.34. The van der Waals surface area contributed by atoms with Crippen molar-refractivity contribution in [2.45, 2.75) is 6.42 Å². The van der Waals surface area contributed by atoms with E-state index in [0.29, 0.717) is 12.2 Å². The van der Waals surface area contributed by atoms with Gasteiger partial charge in [0.25, 0.3) is 5.91 Å². The van der Waals surface area contributed by atoms with Crippen LogP contribution >= 0.6 is 0 Å². The second-order valence-corrected chi connectivity index (χ2v) is 3.60. The number of hydrogen-bond acceptors (Lipinski definition) is 2. The molecule has 0 spiro atoms. The SMILES string of the molecule is O=C(Cc1ccccc1)NOc1ccccc1. The normalized spacial score (nSPS) is 9.65. The van der Waals surface area contributed by atoms with Gasteiger partial charge in [-0.15, -0.1) is 0 Å². The van der Waals surface area contributed by atoms with Crippen LogP contribution in [0, 0.1) is 0 Å². The third-order valence-corrected chi connectivity index (χ3v) is 2.23. The Hall–Kier alpha value is -2.29. The van der Waals surface area contributed by atoms with E-state index >= 15 is 0 Å². The van der Waals surface area contributed by atoms with Gasteiger partial charge in [-0.25, -0.2) is 0 Å². The van der Waals surface area contributed by atoms with E-state index in [1.807, 2.05) is 48.5 Å². The van der Waals surface area contributed by atoms with E-state index in [2.05, 4.69) is 5.48 Å². The van der Waals surface area contributed by atoms with Gasteiger partial charge in [-0.3, -0.25) is 4.79 Å². The molecule has 86 valence electrons. The minimum absolute atomic E-state index is 0.167. The maximum atomic E-state index is 11.5. The fourth-order valence-electron chi connectivity index (χ4n) is 1.42. The summed E-state index contributed by atoms with van der Waals surface area (Å²) in [6, 6.07) is 18.7. The van der Waals surface area contributed by atoms with Gasteiger partial charge in [-0.05, 0) is 17.7 Å². The van der Waals surface area contributed by atoms with E-state index in [-0.39, 0.29) is 5.91 Å². The number of hydroxylamine groups is 1. The molecule has 2 aromatic rings. The Bertz CT molecular complexity index is 468. The van der Waals surface area contributed by atoms with Crippen molar-refractivity contribution in [2.24, 2.45) is 0 Å². The molecule has 0 aliphatic rings. The summed E-state index contributed by atoms with van der Waals surface area (Å²) in [5.41, 5.74) is 3.37. The second kappa shape index (κ2) is 5.70. The average molecular weight is 227 g/mol. The Morgan fingerprint density at radius 2 is 1.53 bits per heavy atom. The molecule has 0 bridgehead atoms. The second-order valence-electron chi connectivity index (χ2n) is 3.60. The number of carbonyl (C=O) groups is 1. The highest BCUT2D eigenvalue weighted by atomic mass is 16.7. The first-order valence-electron chi connectivity index (χ1n) is 5.39. The number of para-hydroxylation sites is 1. The molecule has 0 fully saturated rings. The molecule has 1 amide bonds. The van der Waals surface area contributed by atoms with Crippen molar-refractivity contribution in [3.8, 4) is 5.75 Å². The van der Waals surface area contributed by atoms with E-state index in [4.69, 9.17) is 4.84 Å². The summed E-state index contributed by atoms with van der Waals surface area (Å²) in [5, 5.41) is 0. The number of nitrogens with one attached hydrogen (secondary N) is 1. The fourth-order valence-corrected chi connectivity index (χ4v) is 1.42. The maximum Gasteiger partial charge on any atom is 0.256 e. The molecule has 0 saturated carbocycles. The average Bonchev–Trinajstić information content (AvgIpc) is 2.39. The summed E-state index contributed by atoms with van der Waals surface area (Å²) in [5.74, 6) is 0.453. The molecule has 3 nitrogen and oxygen atoms in total. The lowest BCUT2D eigenvalue weighted by Crippen LogP contribution is -2.28. The summed E-state index contributed by atoms with van der Waals surface area (Å²) in [6.07, 6.45) is 0.313. The van der Waals surface area contributed by atoms with Crippen LogP contribution < -0.4 is 10.3 Å². The quantitative estimate of drug-likeness (QED) is 0.814. The van der Waals surface area contributed by atoms with Gasteiger partial charge in [0.05, 0.1) is 6.42 Å². The molecule has 0 radical (unpaired) electrons. The van der Waals surface area contributed by atoms with Crippen molar-refractivity contribution in [1.82, 2.24) is 5.48 Å². The number of rotatable bonds is 4. The lowest BCUT2D eigenvalue weighted by molar-refractivity contribution is -0.126. The zero-order valence-electron chi connectivity index (χ0n) is 9.30. The van der Waals surface area contributed by atoms with Crippen LogP contribution in [0.2, 0.25) is 0 Å². The Balaban J connectivity index is 1.83. The van der Waals surface area contributed by atoms with Crippen LogP contribution in [0.4, 0.5) is 0 Å². The lowest BCUT2D eigenvalue weighted by atomic mass is 10.1. The summed E-state index contributed by atoms with van der Waals surface area (Å²) in [7, 11) is 0. The Kier molecular flexibility index (Phi) is 3.76. The number of amides is 1. The van der Waals surface area contributed by atoms with Gasteiger partial charge in [-0.2, -0.15) is 5.48 Å². The van der Waals surface area contributed by atoms with Crippen LogP contribution in [-0.2, 0) is 11.2 Å². The molecule has 2 aromatic carbocycles. The molecule has 0 heterocycles. The Morgan fingerprint density at radius 1 is 0.941 bits per heavy atom. The van der Waals surface area contributed by atoms with E-state index in [9.17, 15) is 4.79 Å². The highest BCUT2D eigenvalue weighted by Crippen LogP contribution is 2.06. The zero-order chi connectivity index (χ0) is 11.9. The molecule has 0 unspecified atom stereocenters. The molecule has 0 aliphatic heterocycles. The largest absolute Gasteiger partial charge is 0.380 e. The van der Waals surface area contributed by atoms with Crippen LogP contribution in [0.15, 0.2) is 60.7 Å². The Labute approximate surface area is 100.0 Å². The van der Waals surface area contributed by atoms with Crippen molar-refractivity contribution in [2.75, 3.05) is 0 Å². The molecular formula is C14H13NO2. The highest BCUT2D eigenvalue weighted by molar-refractivity contribution is 5.77. The van der Waals surface area contributed by atoms with Crippen LogP contribution in [0.1, 0.15) is 5.56 Å². The van der Waals surface area contributed by atoms with Gasteiger partial charge in [-0.1, -0.05) is 48.5 Å². The molecule has 0 aromatic heterocycles. The first kappa shape index (κ1) is 11.2. The lowest BCUT2D eigenvalue weighted by Gasteiger charge is -2.06. The van der Waals surface area contributed by atoms with Crippen LogP contribution in [0.5, 0.6) is 5.75 Å². The van der Waals surface area contributed by atoms with E-state index < -0.39 is 0 Å². The van der Waals surface area contributed by atoms with Crippen molar-refractivity contribution < 1.29 is 9.63 Å². The monoisotopic (exact) mass is 227 g/mol. The number of hydrogen-bond donors (Lipinski definition) is 1. The van der Waals surface area contributed by atoms with Crippen molar-refractivity contribution in [3.05, 3.63) is 66.2 Å². The molecule has 2 rings (SSSR count). The smallest absolute Gasteiger partial charge is 0.256 e. The van der Waals surface area contributed by atoms with Gasteiger partial charge in [0, 0.05) is 0 Å². The van der Waals surface area contributed by atoms with E-state index in [1.54, 1.807) is 12.1 Å². The van der Waals surface area contributed by atoms with Gasteiger partial charge in [0.1, 0.15) is 0 Å². The van der Waals surface area contributed by atoms with Gasteiger partial charge < -0.3 is 4.84 Å². The molecule has 17 heavy (non-hydrogen) atoms. The topological polar surface area (TPSA) is 38.3 Å². The van der Waals surface area contributed by atoms with Crippen LogP contribution in [0.3, 0.4) is 0 Å². The van der Waals surface area contributed by atoms with Gasteiger partial charge >= 0.3 is 0 Å². The standard InChI is InChI=1S/C14H13NO2/c16-14(11-12-7-3-1-4-8-12)15-17-13-9-5-2-6-10-13/h1-10H,11H2,(H,15,16). The molecule has 0 atom stereocenters. The van der Waals surface area contributed by atoms with Gasteiger partial charge in [0.15, 0.2) is 5.75 Å². The number of benzene rings is 2. The van der Waals surface area contributed by atoms with Crippen LogP contribution in [-0.4, -0.2) is 5.91 Å². The third kappa shape index (κ3) is 3.65. The molecule has 0 aliphatic carbocycles. The predicted molar refractivity (Wildman–Crippen MR) is 65.4 cm³/mol. The van der Waals surface area contributed by atoms with E-state index in [1.165, 1.54) is 0 Å². The first-order chi connectivity index (χ1) is 8.34. The Morgan fingerprint density at radius 3 is 2.18 bits per heavy atom. The summed E-state index contributed by atoms with van der Waals surface area (Å²) >= 11 is 0. The van der Waals surface area contributed by atoms with Crippen LogP contribution in [0.25, 0.3) is 0 Å². The first-order valence-corrected chi connectivity index (χ1v) is 5.39. The van der Waals surface area contributed by atoms with Gasteiger partial charge in [0.2, 0.25) is 0 Å². The fraction of sp³-hybridized carbons (Fsp3) is 0.0714.